The Morgan fingerprint density at radius 1 is 1.63 bits per heavy atom. The van der Waals surface area contributed by atoms with Crippen molar-refractivity contribution in [1.82, 2.24) is 9.88 Å². The maximum atomic E-state index is 12.1. The molecule has 1 aromatic heterocycles. The molecule has 2 N–H and O–H groups in total. The molecule has 8 nitrogen and oxygen atoms in total. The summed E-state index contributed by atoms with van der Waals surface area (Å²) in [6.45, 7) is 0.995. The lowest BCUT2D eigenvalue weighted by Gasteiger charge is -2.17. The Morgan fingerprint density at radius 2 is 2.32 bits per heavy atom. The van der Waals surface area contributed by atoms with E-state index in [9.17, 15) is 14.9 Å². The molecule has 8 heteroatoms. The summed E-state index contributed by atoms with van der Waals surface area (Å²) in [7, 11) is 3.17. The van der Waals surface area contributed by atoms with E-state index >= 15 is 0 Å². The summed E-state index contributed by atoms with van der Waals surface area (Å²) in [4.78, 5) is 27.2. The third kappa shape index (κ3) is 3.88. The van der Waals surface area contributed by atoms with Gasteiger partial charge in [-0.25, -0.2) is 4.98 Å². The average Bonchev–Trinajstić information content (AvgIpc) is 2.38. The number of nitrogens with zero attached hydrogens (tertiary/aromatic N) is 3. The van der Waals surface area contributed by atoms with Gasteiger partial charge in [0.15, 0.2) is 0 Å². The maximum Gasteiger partial charge on any atom is 0.288 e. The molecule has 0 aliphatic rings. The first-order chi connectivity index (χ1) is 8.97. The van der Waals surface area contributed by atoms with Crippen LogP contribution in [0.5, 0.6) is 0 Å². The van der Waals surface area contributed by atoms with Crippen molar-refractivity contribution in [1.29, 1.82) is 0 Å². The summed E-state index contributed by atoms with van der Waals surface area (Å²) in [5.41, 5.74) is 5.35. The molecule has 19 heavy (non-hydrogen) atoms. The SMILES string of the molecule is COCCCN(C)C(=O)c1cc([N+](=O)[O-])cnc1N. The van der Waals surface area contributed by atoms with Gasteiger partial charge in [-0.05, 0) is 6.42 Å². The fourth-order valence-electron chi connectivity index (χ4n) is 1.49. The molecule has 1 rings (SSSR count). The number of nitrogens with two attached hydrogens (primary N) is 1. The van der Waals surface area contributed by atoms with Crippen LogP contribution in [-0.2, 0) is 4.74 Å². The number of hydrogen-bond donors (Lipinski definition) is 1. The van der Waals surface area contributed by atoms with Crippen LogP contribution in [0.15, 0.2) is 12.3 Å². The van der Waals surface area contributed by atoms with Crippen LogP contribution in [0, 0.1) is 10.1 Å². The molecule has 0 bridgehead atoms. The average molecular weight is 268 g/mol. The highest BCUT2D eigenvalue weighted by molar-refractivity contribution is 5.98. The molecule has 0 atom stereocenters. The Labute approximate surface area is 110 Å². The third-order valence-electron chi connectivity index (χ3n) is 2.53. The van der Waals surface area contributed by atoms with E-state index in [4.69, 9.17) is 10.5 Å². The fourth-order valence-corrected chi connectivity index (χ4v) is 1.49. The number of methoxy groups -OCH3 is 1. The summed E-state index contributed by atoms with van der Waals surface area (Å²) < 4.78 is 4.89. The number of rotatable bonds is 6. The summed E-state index contributed by atoms with van der Waals surface area (Å²) >= 11 is 0. The Kier molecular flexibility index (Phi) is 5.19. The summed E-state index contributed by atoms with van der Waals surface area (Å²) in [6.07, 6.45) is 1.69. The smallest absolute Gasteiger partial charge is 0.288 e. The van der Waals surface area contributed by atoms with Crippen molar-refractivity contribution in [3.8, 4) is 0 Å². The standard InChI is InChI=1S/C11H16N4O4/c1-14(4-3-5-19-2)11(16)9-6-8(15(17)18)7-13-10(9)12/h6-7H,3-5H2,1-2H3,(H2,12,13). The lowest BCUT2D eigenvalue weighted by atomic mass is 10.2. The van der Waals surface area contributed by atoms with Crippen molar-refractivity contribution in [3.05, 3.63) is 27.9 Å². The van der Waals surface area contributed by atoms with Crippen molar-refractivity contribution in [2.45, 2.75) is 6.42 Å². The molecule has 0 aliphatic heterocycles. The molecule has 0 saturated heterocycles. The van der Waals surface area contributed by atoms with Crippen LogP contribution >= 0.6 is 0 Å². The first-order valence-corrected chi connectivity index (χ1v) is 5.61. The van der Waals surface area contributed by atoms with E-state index in [0.717, 1.165) is 12.3 Å². The van der Waals surface area contributed by atoms with Crippen molar-refractivity contribution < 1.29 is 14.5 Å². The van der Waals surface area contributed by atoms with Crippen LogP contribution in [0.4, 0.5) is 11.5 Å². The van der Waals surface area contributed by atoms with Gasteiger partial charge < -0.3 is 15.4 Å². The topological polar surface area (TPSA) is 112 Å². The molecule has 104 valence electrons. The van der Waals surface area contributed by atoms with E-state index in [1.165, 1.54) is 4.90 Å². The van der Waals surface area contributed by atoms with Gasteiger partial charge in [0.2, 0.25) is 0 Å². The number of carbonyl (C=O) groups excluding carboxylic acids is 1. The quantitative estimate of drug-likeness (QED) is 0.461. The highest BCUT2D eigenvalue weighted by Gasteiger charge is 2.19. The third-order valence-corrected chi connectivity index (χ3v) is 2.53. The number of nitro groups is 1. The zero-order chi connectivity index (χ0) is 14.4. The highest BCUT2D eigenvalue weighted by Crippen LogP contribution is 2.18. The molecule has 0 saturated carbocycles. The van der Waals surface area contributed by atoms with E-state index in [-0.39, 0.29) is 17.1 Å². The Balaban J connectivity index is 2.86. The number of anilines is 1. The largest absolute Gasteiger partial charge is 0.385 e. The number of pyridine rings is 1. The zero-order valence-electron chi connectivity index (χ0n) is 10.8. The van der Waals surface area contributed by atoms with Gasteiger partial charge in [0.25, 0.3) is 11.6 Å². The van der Waals surface area contributed by atoms with Crippen molar-refractivity contribution >= 4 is 17.4 Å². The first kappa shape index (κ1) is 14.8. The van der Waals surface area contributed by atoms with Gasteiger partial charge in [0.05, 0.1) is 10.5 Å². The second-order valence-electron chi connectivity index (χ2n) is 3.96. The minimum absolute atomic E-state index is 0.0193. The lowest BCUT2D eigenvalue weighted by molar-refractivity contribution is -0.385. The highest BCUT2D eigenvalue weighted by atomic mass is 16.6. The van der Waals surface area contributed by atoms with E-state index in [0.29, 0.717) is 19.6 Å². The van der Waals surface area contributed by atoms with Crippen LogP contribution in [0.1, 0.15) is 16.8 Å². The van der Waals surface area contributed by atoms with E-state index in [1.54, 1.807) is 14.2 Å². The van der Waals surface area contributed by atoms with Gasteiger partial charge >= 0.3 is 0 Å². The van der Waals surface area contributed by atoms with Gasteiger partial charge in [-0.15, -0.1) is 0 Å². The summed E-state index contributed by atoms with van der Waals surface area (Å²) in [6, 6.07) is 1.14. The first-order valence-electron chi connectivity index (χ1n) is 5.61. The Morgan fingerprint density at radius 3 is 2.89 bits per heavy atom. The lowest BCUT2D eigenvalue weighted by Crippen LogP contribution is -2.29. The summed E-state index contributed by atoms with van der Waals surface area (Å²) in [5, 5.41) is 10.7. The van der Waals surface area contributed by atoms with Crippen molar-refractivity contribution in [3.63, 3.8) is 0 Å². The van der Waals surface area contributed by atoms with E-state index < -0.39 is 10.8 Å². The van der Waals surface area contributed by atoms with Crippen molar-refractivity contribution in [2.24, 2.45) is 0 Å². The number of carbonyl (C=O) groups is 1. The van der Waals surface area contributed by atoms with Crippen LogP contribution in [0.3, 0.4) is 0 Å². The van der Waals surface area contributed by atoms with Crippen LogP contribution < -0.4 is 5.73 Å². The number of ether oxygens (including phenoxy) is 1. The van der Waals surface area contributed by atoms with Crippen molar-refractivity contribution in [2.75, 3.05) is 33.0 Å². The second kappa shape index (κ2) is 6.64. The molecule has 1 aromatic rings. The molecule has 1 heterocycles. The Bertz CT molecular complexity index is 478. The van der Waals surface area contributed by atoms with Crippen LogP contribution in [-0.4, -0.2) is 48.0 Å². The van der Waals surface area contributed by atoms with Crippen LogP contribution in [0.2, 0.25) is 0 Å². The number of aromatic nitrogens is 1. The van der Waals surface area contributed by atoms with Gasteiger partial charge in [-0.2, -0.15) is 0 Å². The molecule has 0 aliphatic carbocycles. The second-order valence-corrected chi connectivity index (χ2v) is 3.96. The molecule has 0 radical (unpaired) electrons. The molecule has 0 aromatic carbocycles. The normalized spacial score (nSPS) is 10.2. The molecule has 0 spiro atoms. The van der Waals surface area contributed by atoms with Gasteiger partial charge in [0.1, 0.15) is 12.0 Å². The van der Waals surface area contributed by atoms with Gasteiger partial charge in [0, 0.05) is 33.4 Å². The number of nitrogen functional groups attached to an aromatic ring is 1. The molecular formula is C11H16N4O4. The minimum Gasteiger partial charge on any atom is -0.385 e. The van der Waals surface area contributed by atoms with Gasteiger partial charge in [-0.3, -0.25) is 14.9 Å². The van der Waals surface area contributed by atoms with Crippen LogP contribution in [0.25, 0.3) is 0 Å². The monoisotopic (exact) mass is 268 g/mol. The fraction of sp³-hybridized carbons (Fsp3) is 0.455. The molecular weight excluding hydrogens is 252 g/mol. The molecule has 1 amide bonds. The zero-order valence-corrected chi connectivity index (χ0v) is 10.8. The van der Waals surface area contributed by atoms with E-state index in [1.807, 2.05) is 0 Å². The predicted molar refractivity (Wildman–Crippen MR) is 68.8 cm³/mol. The number of amides is 1. The Hall–Kier alpha value is -2.22. The maximum absolute atomic E-state index is 12.1. The molecule has 0 fully saturated rings. The predicted octanol–water partition coefficient (Wildman–Crippen LogP) is 0.681. The van der Waals surface area contributed by atoms with E-state index in [2.05, 4.69) is 4.98 Å². The molecule has 0 unspecified atom stereocenters. The number of hydrogen-bond acceptors (Lipinski definition) is 6. The summed E-state index contributed by atoms with van der Waals surface area (Å²) in [5.74, 6) is -0.418. The van der Waals surface area contributed by atoms with Gasteiger partial charge in [-0.1, -0.05) is 0 Å². The minimum atomic E-state index is -0.617.